The van der Waals surface area contributed by atoms with Crippen molar-refractivity contribution in [2.45, 2.75) is 19.9 Å². The highest BCUT2D eigenvalue weighted by atomic mass is 19.1. The molecule has 0 unspecified atom stereocenters. The lowest BCUT2D eigenvalue weighted by Crippen LogP contribution is -2.00. The molecule has 1 N–H and O–H groups in total. The van der Waals surface area contributed by atoms with Gasteiger partial charge in [0.25, 0.3) is 0 Å². The summed E-state index contributed by atoms with van der Waals surface area (Å²) < 4.78 is 15.4. The lowest BCUT2D eigenvalue weighted by Gasteiger charge is -2.08. The van der Waals surface area contributed by atoms with Gasteiger partial charge in [-0.1, -0.05) is 6.92 Å². The zero-order valence-electron chi connectivity index (χ0n) is 11.0. The van der Waals surface area contributed by atoms with E-state index in [-0.39, 0.29) is 11.6 Å². The van der Waals surface area contributed by atoms with Crippen LogP contribution >= 0.6 is 0 Å². The Hall–Kier alpha value is -2.43. The number of nitrogens with zero attached hydrogens (tertiary/aromatic N) is 3. The molecule has 0 aliphatic heterocycles. The number of benzene rings is 1. The van der Waals surface area contributed by atoms with Gasteiger partial charge in [0.05, 0.1) is 22.8 Å². The Morgan fingerprint density at radius 1 is 1.30 bits per heavy atom. The molecule has 0 bridgehead atoms. The third-order valence-corrected chi connectivity index (χ3v) is 3.20. The Labute approximate surface area is 115 Å². The van der Waals surface area contributed by atoms with E-state index in [1.54, 1.807) is 18.3 Å². The number of hydrogen-bond acceptors (Lipinski definition) is 3. The summed E-state index contributed by atoms with van der Waals surface area (Å²) in [4.78, 5) is 8.38. The summed E-state index contributed by atoms with van der Waals surface area (Å²) in [5.41, 5.74) is 2.05. The lowest BCUT2D eigenvalue weighted by atomic mass is 10.2. The number of halogens is 1. The molecule has 4 nitrogen and oxygen atoms in total. The minimum Gasteiger partial charge on any atom is -0.506 e. The van der Waals surface area contributed by atoms with Gasteiger partial charge in [-0.05, 0) is 30.7 Å². The first-order valence-electron chi connectivity index (χ1n) is 6.50. The van der Waals surface area contributed by atoms with E-state index in [4.69, 9.17) is 0 Å². The third-order valence-electron chi connectivity index (χ3n) is 3.20. The molecule has 3 rings (SSSR count). The smallest absolute Gasteiger partial charge is 0.144 e. The predicted molar refractivity (Wildman–Crippen MR) is 74.9 cm³/mol. The standard InChI is InChI=1S/C15H14FN3O/c1-2-7-19-13-8-10(16)3-4-12(13)18-15(19)11-5-6-17-9-14(11)20/h3-6,8-9,20H,2,7H2,1H3. The van der Waals surface area contributed by atoms with Gasteiger partial charge < -0.3 is 9.67 Å². The number of pyridine rings is 1. The van der Waals surface area contributed by atoms with Gasteiger partial charge in [-0.2, -0.15) is 0 Å². The number of aryl methyl sites for hydroxylation is 1. The second-order valence-electron chi connectivity index (χ2n) is 4.61. The first kappa shape index (κ1) is 12.6. The molecule has 0 aliphatic carbocycles. The Balaban J connectivity index is 2.30. The average Bonchev–Trinajstić information content (AvgIpc) is 2.78. The van der Waals surface area contributed by atoms with Gasteiger partial charge in [0, 0.05) is 12.7 Å². The molecular weight excluding hydrogens is 257 g/mol. The van der Waals surface area contributed by atoms with E-state index in [2.05, 4.69) is 9.97 Å². The fourth-order valence-corrected chi connectivity index (χ4v) is 2.33. The van der Waals surface area contributed by atoms with E-state index in [9.17, 15) is 9.50 Å². The van der Waals surface area contributed by atoms with E-state index in [0.29, 0.717) is 23.4 Å². The fraction of sp³-hybridized carbons (Fsp3) is 0.200. The first-order valence-corrected chi connectivity index (χ1v) is 6.50. The van der Waals surface area contributed by atoms with E-state index in [1.807, 2.05) is 11.5 Å². The highest BCUT2D eigenvalue weighted by molar-refractivity contribution is 5.81. The maximum Gasteiger partial charge on any atom is 0.144 e. The summed E-state index contributed by atoms with van der Waals surface area (Å²) in [6.45, 7) is 2.75. The Morgan fingerprint density at radius 2 is 2.15 bits per heavy atom. The van der Waals surface area contributed by atoms with Crippen LogP contribution in [0.3, 0.4) is 0 Å². The molecule has 0 saturated heterocycles. The van der Waals surface area contributed by atoms with Crippen molar-refractivity contribution in [3.63, 3.8) is 0 Å². The fourth-order valence-electron chi connectivity index (χ4n) is 2.33. The number of aromatic hydroxyl groups is 1. The summed E-state index contributed by atoms with van der Waals surface area (Å²) in [5.74, 6) is 0.410. The number of hydrogen-bond donors (Lipinski definition) is 1. The van der Waals surface area contributed by atoms with Crippen molar-refractivity contribution >= 4 is 11.0 Å². The van der Waals surface area contributed by atoms with Crippen LogP contribution in [0.15, 0.2) is 36.7 Å². The lowest BCUT2D eigenvalue weighted by molar-refractivity contribution is 0.473. The van der Waals surface area contributed by atoms with Crippen molar-refractivity contribution in [1.29, 1.82) is 0 Å². The minimum absolute atomic E-state index is 0.0700. The third kappa shape index (κ3) is 2.01. The van der Waals surface area contributed by atoms with Crippen LogP contribution < -0.4 is 0 Å². The summed E-state index contributed by atoms with van der Waals surface area (Å²) in [6.07, 6.45) is 3.87. The number of aromatic nitrogens is 3. The van der Waals surface area contributed by atoms with Gasteiger partial charge in [-0.15, -0.1) is 0 Å². The highest BCUT2D eigenvalue weighted by Gasteiger charge is 2.15. The number of fused-ring (bicyclic) bond motifs is 1. The molecule has 2 aromatic heterocycles. The molecule has 102 valence electrons. The molecule has 0 amide bonds. The average molecular weight is 271 g/mol. The molecule has 0 aliphatic rings. The van der Waals surface area contributed by atoms with Crippen LogP contribution in [0.25, 0.3) is 22.4 Å². The molecule has 0 radical (unpaired) electrons. The topological polar surface area (TPSA) is 50.9 Å². The molecule has 0 saturated carbocycles. The normalized spacial score (nSPS) is 11.1. The molecule has 2 heterocycles. The minimum atomic E-state index is -0.291. The van der Waals surface area contributed by atoms with Crippen molar-refractivity contribution < 1.29 is 9.50 Å². The van der Waals surface area contributed by atoms with Crippen LogP contribution in [0.4, 0.5) is 4.39 Å². The molecule has 20 heavy (non-hydrogen) atoms. The van der Waals surface area contributed by atoms with E-state index < -0.39 is 0 Å². The molecule has 0 spiro atoms. The number of imidazole rings is 1. The summed E-state index contributed by atoms with van der Waals surface area (Å²) in [7, 11) is 0. The van der Waals surface area contributed by atoms with Crippen LogP contribution in [0, 0.1) is 5.82 Å². The van der Waals surface area contributed by atoms with Crippen molar-refractivity contribution in [2.75, 3.05) is 0 Å². The van der Waals surface area contributed by atoms with Crippen molar-refractivity contribution in [3.8, 4) is 17.1 Å². The Kier molecular flexibility index (Phi) is 3.10. The van der Waals surface area contributed by atoms with Crippen LogP contribution in [-0.2, 0) is 6.54 Å². The maximum absolute atomic E-state index is 13.4. The predicted octanol–water partition coefficient (Wildman–Crippen LogP) is 3.35. The molecule has 0 fully saturated rings. The second kappa shape index (κ2) is 4.92. The first-order chi connectivity index (χ1) is 9.70. The van der Waals surface area contributed by atoms with Gasteiger partial charge >= 0.3 is 0 Å². The zero-order chi connectivity index (χ0) is 14.1. The van der Waals surface area contributed by atoms with Gasteiger partial charge in [-0.3, -0.25) is 4.98 Å². The highest BCUT2D eigenvalue weighted by Crippen LogP contribution is 2.30. The maximum atomic E-state index is 13.4. The Bertz CT molecular complexity index is 767. The van der Waals surface area contributed by atoms with Crippen LogP contribution in [0.1, 0.15) is 13.3 Å². The number of rotatable bonds is 3. The van der Waals surface area contributed by atoms with Crippen LogP contribution in [0.5, 0.6) is 5.75 Å². The molecule has 0 atom stereocenters. The van der Waals surface area contributed by atoms with Gasteiger partial charge in [0.15, 0.2) is 0 Å². The molecule has 5 heteroatoms. The van der Waals surface area contributed by atoms with E-state index in [0.717, 1.165) is 11.9 Å². The monoisotopic (exact) mass is 271 g/mol. The summed E-state index contributed by atoms with van der Waals surface area (Å²) in [6, 6.07) is 6.22. The SMILES string of the molecule is CCCn1c(-c2ccncc2O)nc2ccc(F)cc21. The van der Waals surface area contributed by atoms with E-state index >= 15 is 0 Å². The summed E-state index contributed by atoms with van der Waals surface area (Å²) >= 11 is 0. The van der Waals surface area contributed by atoms with Crippen LogP contribution in [-0.4, -0.2) is 19.6 Å². The molecule has 3 aromatic rings. The molecule has 1 aromatic carbocycles. The van der Waals surface area contributed by atoms with E-state index in [1.165, 1.54) is 18.3 Å². The van der Waals surface area contributed by atoms with Crippen molar-refractivity contribution in [1.82, 2.24) is 14.5 Å². The van der Waals surface area contributed by atoms with Gasteiger partial charge in [-0.25, -0.2) is 9.37 Å². The summed E-state index contributed by atoms with van der Waals surface area (Å²) in [5, 5.41) is 9.95. The van der Waals surface area contributed by atoms with Gasteiger partial charge in [0.2, 0.25) is 0 Å². The van der Waals surface area contributed by atoms with Crippen molar-refractivity contribution in [3.05, 3.63) is 42.5 Å². The zero-order valence-corrected chi connectivity index (χ0v) is 11.0. The second-order valence-corrected chi connectivity index (χ2v) is 4.61. The largest absolute Gasteiger partial charge is 0.506 e. The quantitative estimate of drug-likeness (QED) is 0.794. The van der Waals surface area contributed by atoms with Gasteiger partial charge in [0.1, 0.15) is 17.4 Å². The Morgan fingerprint density at radius 3 is 2.90 bits per heavy atom. The van der Waals surface area contributed by atoms with Crippen LogP contribution in [0.2, 0.25) is 0 Å². The van der Waals surface area contributed by atoms with Crippen molar-refractivity contribution in [2.24, 2.45) is 0 Å². The molecular formula is C15H14FN3O.